The lowest BCUT2D eigenvalue weighted by molar-refractivity contribution is -0.122. The third-order valence-electron chi connectivity index (χ3n) is 5.53. The number of amides is 1. The molecule has 0 aromatic heterocycles. The second-order valence-corrected chi connectivity index (χ2v) is 9.79. The molecule has 9 heteroatoms. The number of piperazine rings is 1. The van der Waals surface area contributed by atoms with Crippen LogP contribution < -0.4 is 10.1 Å². The molecule has 0 radical (unpaired) electrons. The van der Waals surface area contributed by atoms with E-state index in [9.17, 15) is 13.2 Å². The predicted molar refractivity (Wildman–Crippen MR) is 116 cm³/mol. The summed E-state index contributed by atoms with van der Waals surface area (Å²) in [6, 6.07) is 11.5. The van der Waals surface area contributed by atoms with E-state index in [4.69, 9.17) is 16.3 Å². The number of carbonyl (C=O) groups excluding carboxylic acids is 1. The van der Waals surface area contributed by atoms with Gasteiger partial charge in [0, 0.05) is 43.3 Å². The first-order valence-corrected chi connectivity index (χ1v) is 11.8. The summed E-state index contributed by atoms with van der Waals surface area (Å²) in [7, 11) is -3.54. The number of likely N-dealkylation sites (N-methyl/N-ethyl adjacent to an activating group) is 1. The Kier molecular flexibility index (Phi) is 6.02. The van der Waals surface area contributed by atoms with Crippen LogP contribution >= 0.6 is 11.6 Å². The van der Waals surface area contributed by atoms with Crippen LogP contribution in [0.3, 0.4) is 0 Å². The number of nitrogens with zero attached hydrogens (tertiary/aromatic N) is 2. The Morgan fingerprint density at radius 1 is 1.13 bits per heavy atom. The summed E-state index contributed by atoms with van der Waals surface area (Å²) in [5.74, 6) is 0.373. The minimum atomic E-state index is -3.54. The summed E-state index contributed by atoms with van der Waals surface area (Å²) in [4.78, 5) is 15.0. The minimum Gasteiger partial charge on any atom is -0.480 e. The van der Waals surface area contributed by atoms with Gasteiger partial charge in [-0.2, -0.15) is 4.31 Å². The number of ether oxygens (including phenoxy) is 1. The Morgan fingerprint density at radius 3 is 2.50 bits per heavy atom. The van der Waals surface area contributed by atoms with Gasteiger partial charge in [-0.05, 0) is 54.6 Å². The first kappa shape index (κ1) is 21.1. The lowest BCUT2D eigenvalue weighted by atomic mass is 10.1. The number of benzene rings is 2. The fourth-order valence-electron chi connectivity index (χ4n) is 3.73. The largest absolute Gasteiger partial charge is 0.480 e. The standard InChI is InChI=1S/C21H24ClN3O4S/c1-2-24-9-11-25(12-10-24)30(27,28)18-6-4-17(5-7-18)23-21(26)20-14-15-13-16(22)3-8-19(15)29-20/h3-8,13,20H,2,9-12,14H2,1H3,(H,23,26)/t20-/m0/s1. The highest BCUT2D eigenvalue weighted by Gasteiger charge is 2.30. The van der Waals surface area contributed by atoms with Gasteiger partial charge in [-0.1, -0.05) is 18.5 Å². The molecule has 2 aliphatic heterocycles. The number of fused-ring (bicyclic) bond motifs is 1. The van der Waals surface area contributed by atoms with Crippen molar-refractivity contribution in [3.05, 3.63) is 53.1 Å². The van der Waals surface area contributed by atoms with Crippen LogP contribution in [0.4, 0.5) is 5.69 Å². The molecule has 2 aliphatic rings. The molecule has 2 heterocycles. The number of rotatable bonds is 5. The maximum absolute atomic E-state index is 12.9. The Morgan fingerprint density at radius 2 is 1.83 bits per heavy atom. The normalized spacial score (nSPS) is 19.9. The topological polar surface area (TPSA) is 79.0 Å². The lowest BCUT2D eigenvalue weighted by Crippen LogP contribution is -2.48. The summed E-state index contributed by atoms with van der Waals surface area (Å²) in [6.07, 6.45) is -0.200. The first-order chi connectivity index (χ1) is 14.4. The van der Waals surface area contributed by atoms with E-state index in [1.54, 1.807) is 30.3 Å². The molecule has 0 bridgehead atoms. The number of sulfonamides is 1. The highest BCUT2D eigenvalue weighted by atomic mass is 35.5. The Bertz CT molecular complexity index is 1030. The third kappa shape index (κ3) is 4.32. The van der Waals surface area contributed by atoms with Crippen LogP contribution in [0.15, 0.2) is 47.4 Å². The third-order valence-corrected chi connectivity index (χ3v) is 7.68. The fourth-order valence-corrected chi connectivity index (χ4v) is 5.35. The Hall–Kier alpha value is -2.13. The van der Waals surface area contributed by atoms with Gasteiger partial charge in [-0.25, -0.2) is 8.42 Å². The van der Waals surface area contributed by atoms with Gasteiger partial charge in [0.1, 0.15) is 5.75 Å². The van der Waals surface area contributed by atoms with Gasteiger partial charge in [-0.3, -0.25) is 4.79 Å². The zero-order valence-electron chi connectivity index (χ0n) is 16.7. The number of halogens is 1. The van der Waals surface area contributed by atoms with E-state index >= 15 is 0 Å². The number of carbonyl (C=O) groups is 1. The molecule has 30 heavy (non-hydrogen) atoms. The molecule has 1 atom stereocenters. The molecule has 2 aromatic carbocycles. The van der Waals surface area contributed by atoms with E-state index in [-0.39, 0.29) is 10.8 Å². The Balaban J connectivity index is 1.39. The molecule has 0 saturated carbocycles. The number of hydrogen-bond acceptors (Lipinski definition) is 5. The summed E-state index contributed by atoms with van der Waals surface area (Å²) in [6.45, 7) is 5.43. The molecule has 0 aliphatic carbocycles. The van der Waals surface area contributed by atoms with Crippen LogP contribution in [0.5, 0.6) is 5.75 Å². The number of anilines is 1. The van der Waals surface area contributed by atoms with E-state index < -0.39 is 16.1 Å². The van der Waals surface area contributed by atoms with Crippen LogP contribution in [0, 0.1) is 0 Å². The van der Waals surface area contributed by atoms with Crippen molar-refractivity contribution in [3.8, 4) is 5.75 Å². The predicted octanol–water partition coefficient (Wildman–Crippen LogP) is 2.61. The van der Waals surface area contributed by atoms with Crippen LogP contribution in [-0.2, 0) is 21.2 Å². The second kappa shape index (κ2) is 8.55. The first-order valence-electron chi connectivity index (χ1n) is 9.95. The average molecular weight is 450 g/mol. The van der Waals surface area contributed by atoms with E-state index in [2.05, 4.69) is 17.1 Å². The van der Waals surface area contributed by atoms with Crippen molar-refractivity contribution in [2.45, 2.75) is 24.3 Å². The lowest BCUT2D eigenvalue weighted by Gasteiger charge is -2.33. The van der Waals surface area contributed by atoms with Crippen LogP contribution in [-0.4, -0.2) is 62.4 Å². The zero-order valence-corrected chi connectivity index (χ0v) is 18.2. The summed E-state index contributed by atoms with van der Waals surface area (Å²) in [5.41, 5.74) is 1.42. The smallest absolute Gasteiger partial charge is 0.265 e. The van der Waals surface area contributed by atoms with Crippen molar-refractivity contribution >= 4 is 33.2 Å². The van der Waals surface area contributed by atoms with Gasteiger partial charge in [-0.15, -0.1) is 0 Å². The maximum atomic E-state index is 12.9. The van der Waals surface area contributed by atoms with Gasteiger partial charge in [0.15, 0.2) is 6.10 Å². The van der Waals surface area contributed by atoms with Crippen molar-refractivity contribution in [1.82, 2.24) is 9.21 Å². The molecule has 1 saturated heterocycles. The van der Waals surface area contributed by atoms with Crippen molar-refractivity contribution in [3.63, 3.8) is 0 Å². The van der Waals surface area contributed by atoms with E-state index in [1.165, 1.54) is 16.4 Å². The van der Waals surface area contributed by atoms with Crippen molar-refractivity contribution < 1.29 is 17.9 Å². The Labute approximate surface area is 181 Å². The zero-order chi connectivity index (χ0) is 21.3. The maximum Gasteiger partial charge on any atom is 0.265 e. The monoisotopic (exact) mass is 449 g/mol. The van der Waals surface area contributed by atoms with E-state index in [0.29, 0.717) is 36.0 Å². The highest BCUT2D eigenvalue weighted by Crippen LogP contribution is 2.31. The summed E-state index contributed by atoms with van der Waals surface area (Å²) in [5, 5.41) is 3.40. The van der Waals surface area contributed by atoms with Crippen LogP contribution in [0.1, 0.15) is 12.5 Å². The highest BCUT2D eigenvalue weighted by molar-refractivity contribution is 7.89. The molecule has 160 valence electrons. The SMILES string of the molecule is CCN1CCN(S(=O)(=O)c2ccc(NC(=O)[C@@H]3Cc4cc(Cl)ccc4O3)cc2)CC1. The molecular weight excluding hydrogens is 426 g/mol. The van der Waals surface area contributed by atoms with Gasteiger partial charge in [0.25, 0.3) is 5.91 Å². The van der Waals surface area contributed by atoms with Gasteiger partial charge in [0.05, 0.1) is 4.90 Å². The number of hydrogen-bond donors (Lipinski definition) is 1. The van der Waals surface area contributed by atoms with Crippen LogP contribution in [0.25, 0.3) is 0 Å². The van der Waals surface area contributed by atoms with E-state index in [1.807, 2.05) is 0 Å². The quantitative estimate of drug-likeness (QED) is 0.759. The summed E-state index contributed by atoms with van der Waals surface area (Å²) < 4.78 is 32.9. The van der Waals surface area contributed by atoms with Gasteiger partial charge in [0.2, 0.25) is 10.0 Å². The molecular formula is C21H24ClN3O4S. The second-order valence-electron chi connectivity index (χ2n) is 7.41. The molecule has 0 spiro atoms. The van der Waals surface area contributed by atoms with Crippen molar-refractivity contribution in [2.24, 2.45) is 0 Å². The van der Waals surface area contributed by atoms with Gasteiger partial charge >= 0.3 is 0 Å². The molecule has 7 nitrogen and oxygen atoms in total. The van der Waals surface area contributed by atoms with Crippen molar-refractivity contribution in [2.75, 3.05) is 38.0 Å². The number of nitrogens with one attached hydrogen (secondary N) is 1. The average Bonchev–Trinajstić information content (AvgIpc) is 3.17. The minimum absolute atomic E-state index is 0.226. The van der Waals surface area contributed by atoms with E-state index in [0.717, 1.165) is 25.2 Å². The van der Waals surface area contributed by atoms with Gasteiger partial charge < -0.3 is 15.0 Å². The molecule has 2 aromatic rings. The van der Waals surface area contributed by atoms with Crippen LogP contribution in [0.2, 0.25) is 5.02 Å². The molecule has 1 amide bonds. The molecule has 0 unspecified atom stereocenters. The molecule has 1 N–H and O–H groups in total. The molecule has 1 fully saturated rings. The fraction of sp³-hybridized carbons (Fsp3) is 0.381. The van der Waals surface area contributed by atoms with Crippen molar-refractivity contribution in [1.29, 1.82) is 0 Å². The molecule has 4 rings (SSSR count). The summed E-state index contributed by atoms with van der Waals surface area (Å²) >= 11 is 5.99.